The van der Waals surface area contributed by atoms with Crippen LogP contribution in [-0.4, -0.2) is 69.1 Å². The molecule has 1 heterocycles. The Balaban J connectivity index is 1.99. The number of anilines is 1. The Morgan fingerprint density at radius 3 is 2.38 bits per heavy atom. The highest BCUT2D eigenvalue weighted by molar-refractivity contribution is 5.81. The predicted molar refractivity (Wildman–Crippen MR) is 84.9 cm³/mol. The fraction of sp³-hybridized carbons (Fsp3) is 0.562. The standard InChI is InChI=1S/C16H25N3O2/c1-13(16(20)17(2)3)18-9-11-19(12-10-18)14-7-5-6-8-15(14)21-4/h5-8,13H,9-12H2,1-4H3. The fourth-order valence-electron chi connectivity index (χ4n) is 2.77. The third kappa shape index (κ3) is 3.47. The van der Waals surface area contributed by atoms with Gasteiger partial charge < -0.3 is 14.5 Å². The van der Waals surface area contributed by atoms with Crippen LogP contribution < -0.4 is 9.64 Å². The number of hydrogen-bond donors (Lipinski definition) is 0. The van der Waals surface area contributed by atoms with Crippen molar-refractivity contribution in [2.75, 3.05) is 52.3 Å². The monoisotopic (exact) mass is 291 g/mol. The van der Waals surface area contributed by atoms with E-state index in [0.717, 1.165) is 37.6 Å². The predicted octanol–water partition coefficient (Wildman–Crippen LogP) is 1.29. The van der Waals surface area contributed by atoms with Crippen molar-refractivity contribution in [3.63, 3.8) is 0 Å². The molecule has 5 heteroatoms. The van der Waals surface area contributed by atoms with Crippen molar-refractivity contribution < 1.29 is 9.53 Å². The number of carbonyl (C=O) groups is 1. The quantitative estimate of drug-likeness (QED) is 0.837. The van der Waals surface area contributed by atoms with Crippen molar-refractivity contribution in [3.8, 4) is 5.75 Å². The SMILES string of the molecule is COc1ccccc1N1CCN(C(C)C(=O)N(C)C)CC1. The van der Waals surface area contributed by atoms with Gasteiger partial charge in [-0.25, -0.2) is 0 Å². The number of likely N-dealkylation sites (N-methyl/N-ethyl adjacent to an activating group) is 1. The number of hydrogen-bond acceptors (Lipinski definition) is 4. The molecule has 0 aliphatic carbocycles. The van der Waals surface area contributed by atoms with Crippen molar-refractivity contribution in [1.82, 2.24) is 9.80 Å². The van der Waals surface area contributed by atoms with Crippen molar-refractivity contribution >= 4 is 11.6 Å². The summed E-state index contributed by atoms with van der Waals surface area (Å²) in [5.74, 6) is 1.07. The molecule has 116 valence electrons. The maximum Gasteiger partial charge on any atom is 0.239 e. The van der Waals surface area contributed by atoms with E-state index in [0.29, 0.717) is 0 Å². The summed E-state index contributed by atoms with van der Waals surface area (Å²) in [7, 11) is 5.32. The number of para-hydroxylation sites is 2. The summed E-state index contributed by atoms with van der Waals surface area (Å²) in [6.07, 6.45) is 0. The van der Waals surface area contributed by atoms with Gasteiger partial charge in [0.25, 0.3) is 0 Å². The summed E-state index contributed by atoms with van der Waals surface area (Å²) >= 11 is 0. The summed E-state index contributed by atoms with van der Waals surface area (Å²) in [6.45, 7) is 5.58. The van der Waals surface area contributed by atoms with Crippen LogP contribution in [0.15, 0.2) is 24.3 Å². The summed E-state index contributed by atoms with van der Waals surface area (Å²) < 4.78 is 5.43. The van der Waals surface area contributed by atoms with Gasteiger partial charge >= 0.3 is 0 Å². The van der Waals surface area contributed by atoms with E-state index < -0.39 is 0 Å². The van der Waals surface area contributed by atoms with E-state index in [1.165, 1.54) is 0 Å². The lowest BCUT2D eigenvalue weighted by Crippen LogP contribution is -2.53. The molecular weight excluding hydrogens is 266 g/mol. The van der Waals surface area contributed by atoms with Gasteiger partial charge in [-0.05, 0) is 19.1 Å². The van der Waals surface area contributed by atoms with Gasteiger partial charge in [-0.1, -0.05) is 12.1 Å². The van der Waals surface area contributed by atoms with Crippen LogP contribution in [0.5, 0.6) is 5.75 Å². The van der Waals surface area contributed by atoms with Crippen LogP contribution in [0, 0.1) is 0 Å². The molecule has 0 spiro atoms. The molecule has 1 saturated heterocycles. The van der Waals surface area contributed by atoms with Gasteiger partial charge in [-0.3, -0.25) is 9.69 Å². The number of methoxy groups -OCH3 is 1. The van der Waals surface area contributed by atoms with Crippen LogP contribution >= 0.6 is 0 Å². The Morgan fingerprint density at radius 1 is 1.19 bits per heavy atom. The molecule has 0 bridgehead atoms. The van der Waals surface area contributed by atoms with Crippen LogP contribution in [0.3, 0.4) is 0 Å². The molecule has 1 aromatic carbocycles. The highest BCUT2D eigenvalue weighted by Gasteiger charge is 2.27. The number of piperazine rings is 1. The van der Waals surface area contributed by atoms with Gasteiger partial charge in [0.15, 0.2) is 0 Å². The highest BCUT2D eigenvalue weighted by atomic mass is 16.5. The van der Waals surface area contributed by atoms with Crippen LogP contribution in [0.4, 0.5) is 5.69 Å². The lowest BCUT2D eigenvalue weighted by molar-refractivity contribution is -0.133. The third-order valence-electron chi connectivity index (χ3n) is 4.09. The molecule has 0 saturated carbocycles. The lowest BCUT2D eigenvalue weighted by Gasteiger charge is -2.39. The summed E-state index contributed by atoms with van der Waals surface area (Å²) in [5, 5.41) is 0. The van der Waals surface area contributed by atoms with Crippen LogP contribution in [0.25, 0.3) is 0 Å². The highest BCUT2D eigenvalue weighted by Crippen LogP contribution is 2.28. The van der Waals surface area contributed by atoms with Gasteiger partial charge in [-0.2, -0.15) is 0 Å². The van der Waals surface area contributed by atoms with Crippen molar-refractivity contribution in [2.24, 2.45) is 0 Å². The van der Waals surface area contributed by atoms with Gasteiger partial charge in [0.1, 0.15) is 5.75 Å². The van der Waals surface area contributed by atoms with E-state index in [4.69, 9.17) is 4.74 Å². The maximum atomic E-state index is 12.0. The number of ether oxygens (including phenoxy) is 1. The molecule has 1 atom stereocenters. The number of carbonyl (C=O) groups excluding carboxylic acids is 1. The Morgan fingerprint density at radius 2 is 1.81 bits per heavy atom. The van der Waals surface area contributed by atoms with Gasteiger partial charge in [0, 0.05) is 40.3 Å². The molecule has 1 aromatic rings. The first-order chi connectivity index (χ1) is 10.0. The Bertz CT molecular complexity index is 482. The zero-order valence-corrected chi connectivity index (χ0v) is 13.4. The average molecular weight is 291 g/mol. The second-order valence-electron chi connectivity index (χ2n) is 5.60. The molecule has 5 nitrogen and oxygen atoms in total. The molecule has 0 N–H and O–H groups in total. The van der Waals surface area contributed by atoms with E-state index in [9.17, 15) is 4.79 Å². The summed E-state index contributed by atoms with van der Waals surface area (Å²) in [5.41, 5.74) is 1.13. The summed E-state index contributed by atoms with van der Waals surface area (Å²) in [6, 6.07) is 8.03. The molecule has 0 radical (unpaired) electrons. The van der Waals surface area contributed by atoms with Crippen molar-refractivity contribution in [1.29, 1.82) is 0 Å². The third-order valence-corrected chi connectivity index (χ3v) is 4.09. The first-order valence-corrected chi connectivity index (χ1v) is 7.37. The zero-order valence-electron chi connectivity index (χ0n) is 13.4. The van der Waals surface area contributed by atoms with E-state index in [-0.39, 0.29) is 11.9 Å². The van der Waals surface area contributed by atoms with Crippen molar-refractivity contribution in [2.45, 2.75) is 13.0 Å². The molecule has 21 heavy (non-hydrogen) atoms. The first-order valence-electron chi connectivity index (χ1n) is 7.37. The first kappa shape index (κ1) is 15.6. The van der Waals surface area contributed by atoms with Crippen LogP contribution in [0.2, 0.25) is 0 Å². The minimum absolute atomic E-state index is 0.0557. The Labute approximate surface area is 127 Å². The number of rotatable bonds is 4. The zero-order chi connectivity index (χ0) is 15.4. The molecule has 1 aliphatic heterocycles. The number of nitrogens with zero attached hydrogens (tertiary/aromatic N) is 3. The van der Waals surface area contributed by atoms with Gasteiger partial charge in [0.2, 0.25) is 5.91 Å². The molecule has 1 unspecified atom stereocenters. The van der Waals surface area contributed by atoms with Gasteiger partial charge in [0.05, 0.1) is 18.8 Å². The van der Waals surface area contributed by atoms with E-state index >= 15 is 0 Å². The average Bonchev–Trinajstić information content (AvgIpc) is 2.53. The molecular formula is C16H25N3O2. The summed E-state index contributed by atoms with van der Waals surface area (Å²) in [4.78, 5) is 18.3. The van der Waals surface area contributed by atoms with Crippen molar-refractivity contribution in [3.05, 3.63) is 24.3 Å². The minimum atomic E-state index is -0.0557. The maximum absolute atomic E-state index is 12.0. The van der Waals surface area contributed by atoms with Gasteiger partial charge in [-0.15, -0.1) is 0 Å². The Kier molecular flexibility index (Phi) is 5.07. The largest absolute Gasteiger partial charge is 0.495 e. The molecule has 1 aliphatic rings. The second-order valence-corrected chi connectivity index (χ2v) is 5.60. The smallest absolute Gasteiger partial charge is 0.239 e. The van der Waals surface area contributed by atoms with E-state index in [2.05, 4.69) is 15.9 Å². The van der Waals surface area contributed by atoms with E-state index in [1.54, 1.807) is 12.0 Å². The molecule has 2 rings (SSSR count). The normalized spacial score (nSPS) is 17.4. The lowest BCUT2D eigenvalue weighted by atomic mass is 10.2. The van der Waals surface area contributed by atoms with Crippen LogP contribution in [0.1, 0.15) is 6.92 Å². The second kappa shape index (κ2) is 6.80. The topological polar surface area (TPSA) is 36.0 Å². The molecule has 1 amide bonds. The minimum Gasteiger partial charge on any atom is -0.495 e. The fourth-order valence-corrected chi connectivity index (χ4v) is 2.77. The van der Waals surface area contributed by atoms with Crippen LogP contribution in [-0.2, 0) is 4.79 Å². The number of benzene rings is 1. The Hall–Kier alpha value is -1.75. The molecule has 1 fully saturated rings. The molecule has 0 aromatic heterocycles. The number of amides is 1. The van der Waals surface area contributed by atoms with E-state index in [1.807, 2.05) is 39.2 Å².